The van der Waals surface area contributed by atoms with Crippen LogP contribution in [0, 0.1) is 0 Å². The van der Waals surface area contributed by atoms with E-state index in [0.717, 1.165) is 12.7 Å². The summed E-state index contributed by atoms with van der Waals surface area (Å²) in [6.07, 6.45) is 2.00. The topological polar surface area (TPSA) is 46.2 Å². The normalized spacial score (nSPS) is 8.15. The molecule has 0 aromatic rings. The van der Waals surface area contributed by atoms with Crippen LogP contribution in [0.5, 0.6) is 0 Å². The van der Waals surface area contributed by atoms with E-state index >= 15 is 0 Å². The summed E-state index contributed by atoms with van der Waals surface area (Å²) in [4.78, 5) is 0. The number of rotatable bonds is 3. The molecule has 0 radical (unpaired) electrons. The molecule has 0 rings (SSSR count). The lowest BCUT2D eigenvalue weighted by Gasteiger charge is -1.95. The average Bonchev–Trinajstić information content (AvgIpc) is 2.07. The lowest BCUT2D eigenvalue weighted by atomic mass is 10.5. The highest BCUT2D eigenvalue weighted by molar-refractivity contribution is 7.88. The molecule has 1 unspecified atom stereocenters. The van der Waals surface area contributed by atoms with Crippen molar-refractivity contribution in [1.29, 1.82) is 0 Å². The number of nitrogens with one attached hydrogen (secondary N) is 1. The van der Waals surface area contributed by atoms with Gasteiger partial charge in [0.1, 0.15) is 0 Å². The predicted molar refractivity (Wildman–Crippen MR) is 66.9 cm³/mol. The Morgan fingerprint density at radius 3 is 1.46 bits per heavy atom. The van der Waals surface area contributed by atoms with Crippen molar-refractivity contribution < 1.29 is 8.42 Å². The predicted octanol–water partition coefficient (Wildman–Crippen LogP) is 2.06. The van der Waals surface area contributed by atoms with Gasteiger partial charge in [0.25, 0.3) is 0 Å². The first kappa shape index (κ1) is 23.3. The van der Waals surface area contributed by atoms with Gasteiger partial charge in [0.05, 0.1) is 6.26 Å². The quantitative estimate of drug-likeness (QED) is 0.756. The Morgan fingerprint density at radius 1 is 1.08 bits per heavy atom. The van der Waals surface area contributed by atoms with Crippen LogP contribution in [0.3, 0.4) is 0 Å². The van der Waals surface area contributed by atoms with Crippen LogP contribution < -0.4 is 4.72 Å². The van der Waals surface area contributed by atoms with Gasteiger partial charge in [-0.3, -0.25) is 0 Å². The Morgan fingerprint density at radius 2 is 1.38 bits per heavy atom. The zero-order valence-corrected chi connectivity index (χ0v) is 12.1. The maximum Gasteiger partial charge on any atom is 0.208 e. The zero-order valence-electron chi connectivity index (χ0n) is 9.85. The van der Waals surface area contributed by atoms with Gasteiger partial charge in [-0.25, -0.2) is 13.1 Å². The van der Waals surface area contributed by atoms with Crippen LogP contribution in [-0.4, -0.2) is 21.2 Å². The van der Waals surface area contributed by atoms with Gasteiger partial charge in [0.2, 0.25) is 10.0 Å². The second-order valence-electron chi connectivity index (χ2n) is 1.67. The molecule has 0 amide bonds. The fourth-order valence-electron chi connectivity index (χ4n) is 0.287. The third-order valence-corrected chi connectivity index (χ3v) is 1.34. The molecule has 1 N–H and O–H groups in total. The summed E-state index contributed by atoms with van der Waals surface area (Å²) in [5.41, 5.74) is 0. The highest BCUT2D eigenvalue weighted by Crippen LogP contribution is 1.74. The molecule has 13 heavy (non-hydrogen) atoms. The van der Waals surface area contributed by atoms with Gasteiger partial charge < -0.3 is 0 Å². The highest BCUT2D eigenvalue weighted by atomic mass is 32.2. The number of sulfonamides is 1. The molecule has 0 aliphatic heterocycles. The molecule has 0 aliphatic carbocycles. The van der Waals surface area contributed by atoms with Crippen molar-refractivity contribution in [2.75, 3.05) is 12.8 Å². The van der Waals surface area contributed by atoms with Crippen molar-refractivity contribution in [3.05, 3.63) is 0 Å². The molecule has 5 heteroatoms. The largest absolute Gasteiger partial charge is 0.215 e. The second kappa shape index (κ2) is 18.2. The van der Waals surface area contributed by atoms with Crippen LogP contribution in [0.2, 0.25) is 0 Å². The minimum absolute atomic E-state index is 0. The van der Waals surface area contributed by atoms with E-state index in [2.05, 4.69) is 4.72 Å². The third-order valence-electron chi connectivity index (χ3n) is 0.614. The first-order valence-electron chi connectivity index (χ1n) is 4.51. The number of hydrogen-bond donors (Lipinski definition) is 1. The van der Waals surface area contributed by atoms with Crippen LogP contribution in [0.4, 0.5) is 0 Å². The summed E-state index contributed by atoms with van der Waals surface area (Å²) in [6, 6.07) is 0. The van der Waals surface area contributed by atoms with Crippen LogP contribution in [0.1, 0.15) is 41.0 Å². The lowest BCUT2D eigenvalue weighted by Crippen LogP contribution is -2.22. The Bertz CT molecular complexity index is 146. The van der Waals surface area contributed by atoms with Crippen LogP contribution in [-0.2, 0) is 10.0 Å². The van der Waals surface area contributed by atoms with Gasteiger partial charge in [0, 0.05) is 6.54 Å². The molecular weight excluding hydrogens is 205 g/mol. The van der Waals surface area contributed by atoms with Crippen molar-refractivity contribution in [1.82, 2.24) is 4.72 Å². The van der Waals surface area contributed by atoms with E-state index in [0.29, 0.717) is 6.54 Å². The molecule has 0 fully saturated rings. The van der Waals surface area contributed by atoms with E-state index in [4.69, 9.17) is 0 Å². The van der Waals surface area contributed by atoms with Gasteiger partial charge in [-0.1, -0.05) is 34.6 Å². The van der Waals surface area contributed by atoms with Crippen LogP contribution in [0.15, 0.2) is 0 Å². The maximum absolute atomic E-state index is 10.3. The van der Waals surface area contributed by atoms with Crippen molar-refractivity contribution in [3.63, 3.8) is 0 Å². The van der Waals surface area contributed by atoms with Crippen LogP contribution >= 0.6 is 9.90 Å². The Labute approximate surface area is 87.4 Å². The Hall–Kier alpha value is 0.340. The van der Waals surface area contributed by atoms with Crippen molar-refractivity contribution >= 4 is 19.9 Å². The van der Waals surface area contributed by atoms with Gasteiger partial charge in [-0.2, -0.15) is 9.90 Å². The molecule has 0 heterocycles. The molecule has 0 saturated carbocycles. The molecule has 1 atom stereocenters. The maximum atomic E-state index is 10.3. The standard InChI is InChI=1S/C4H11NO2S.2C2H6.H3P/c1-3-4-5-8(2,6)7;2*1-2;/h5H,3-4H2,1-2H3;2*1-2H3;1H3. The molecule has 0 saturated heterocycles. The van der Waals surface area contributed by atoms with Crippen molar-refractivity contribution in [3.8, 4) is 0 Å². The molecule has 3 nitrogen and oxygen atoms in total. The SMILES string of the molecule is CC.CC.CCCNS(C)(=O)=O.P. The summed E-state index contributed by atoms with van der Waals surface area (Å²) in [7, 11) is -2.94. The average molecular weight is 231 g/mol. The summed E-state index contributed by atoms with van der Waals surface area (Å²) in [5.74, 6) is 0. The van der Waals surface area contributed by atoms with E-state index in [-0.39, 0.29) is 9.90 Å². The first-order valence-corrected chi connectivity index (χ1v) is 6.40. The minimum atomic E-state index is -2.94. The molecule has 86 valence electrons. The highest BCUT2D eigenvalue weighted by Gasteiger charge is 1.94. The smallest absolute Gasteiger partial charge is 0.208 e. The fourth-order valence-corrected chi connectivity index (χ4v) is 0.862. The fraction of sp³-hybridized carbons (Fsp3) is 1.00. The molecule has 0 aromatic carbocycles. The summed E-state index contributed by atoms with van der Waals surface area (Å²) in [5, 5.41) is 0. The summed E-state index contributed by atoms with van der Waals surface area (Å²) < 4.78 is 22.9. The molecule has 0 spiro atoms. The van der Waals surface area contributed by atoms with E-state index in [1.807, 2.05) is 34.6 Å². The molecular formula is C8H26NO2PS. The van der Waals surface area contributed by atoms with Crippen LogP contribution in [0.25, 0.3) is 0 Å². The number of hydrogen-bond acceptors (Lipinski definition) is 2. The van der Waals surface area contributed by atoms with Gasteiger partial charge in [0.15, 0.2) is 0 Å². The van der Waals surface area contributed by atoms with E-state index < -0.39 is 10.0 Å². The van der Waals surface area contributed by atoms with Crippen molar-refractivity contribution in [2.45, 2.75) is 41.0 Å². The third kappa shape index (κ3) is 46.3. The Kier molecular flexibility index (Phi) is 32.6. The lowest BCUT2D eigenvalue weighted by molar-refractivity contribution is 0.587. The van der Waals surface area contributed by atoms with Gasteiger partial charge in [-0.15, -0.1) is 0 Å². The first-order chi connectivity index (χ1) is 5.56. The minimum Gasteiger partial charge on any atom is -0.215 e. The van der Waals surface area contributed by atoms with E-state index in [9.17, 15) is 8.42 Å². The van der Waals surface area contributed by atoms with E-state index in [1.165, 1.54) is 0 Å². The zero-order chi connectivity index (χ0) is 10.6. The van der Waals surface area contributed by atoms with Gasteiger partial charge >= 0.3 is 0 Å². The summed E-state index contributed by atoms with van der Waals surface area (Å²) >= 11 is 0. The van der Waals surface area contributed by atoms with E-state index in [1.54, 1.807) is 0 Å². The second-order valence-corrected chi connectivity index (χ2v) is 3.50. The molecule has 0 aliphatic rings. The monoisotopic (exact) mass is 231 g/mol. The van der Waals surface area contributed by atoms with Gasteiger partial charge in [-0.05, 0) is 6.42 Å². The Balaban J connectivity index is -0.0000000712. The molecule has 0 aromatic heterocycles. The van der Waals surface area contributed by atoms with Crippen molar-refractivity contribution in [2.24, 2.45) is 0 Å². The summed E-state index contributed by atoms with van der Waals surface area (Å²) in [6.45, 7) is 10.5. The molecule has 0 bridgehead atoms.